The Morgan fingerprint density at radius 2 is 1.93 bits per heavy atom. The fraction of sp³-hybridized carbons (Fsp3) is 0.500. The quantitative estimate of drug-likeness (QED) is 0.676. The summed E-state index contributed by atoms with van der Waals surface area (Å²) < 4.78 is 0. The molecule has 0 unspecified atom stereocenters. The van der Waals surface area contributed by atoms with E-state index >= 15 is 0 Å². The second kappa shape index (κ2) is 3.62. The van der Waals surface area contributed by atoms with Crippen LogP contribution in [0, 0.1) is 5.41 Å². The van der Waals surface area contributed by atoms with Gasteiger partial charge in [-0.2, -0.15) is 0 Å². The Kier molecular flexibility index (Phi) is 2.46. The minimum absolute atomic E-state index is 0.355. The monoisotopic (exact) mass is 191 g/mol. The van der Waals surface area contributed by atoms with Crippen molar-refractivity contribution < 1.29 is 4.84 Å². The Hall–Kier alpha value is -1.02. The number of hydroxylamine groups is 1. The first-order chi connectivity index (χ1) is 6.67. The van der Waals surface area contributed by atoms with Crippen molar-refractivity contribution in [2.75, 3.05) is 18.2 Å². The standard InChI is InChI=1S/C12H17NO/c1-12(2)8-9-14-13(10-12)11-6-4-3-5-7-11/h3-7H,8-10H2,1-2H3. The molecule has 1 aromatic carbocycles. The average molecular weight is 191 g/mol. The summed E-state index contributed by atoms with van der Waals surface area (Å²) in [7, 11) is 0. The lowest BCUT2D eigenvalue weighted by Gasteiger charge is -2.38. The van der Waals surface area contributed by atoms with Crippen molar-refractivity contribution in [1.29, 1.82) is 0 Å². The maximum absolute atomic E-state index is 5.63. The van der Waals surface area contributed by atoms with Gasteiger partial charge in [0.25, 0.3) is 0 Å². The van der Waals surface area contributed by atoms with Crippen molar-refractivity contribution in [3.63, 3.8) is 0 Å². The number of hydrogen-bond donors (Lipinski definition) is 0. The van der Waals surface area contributed by atoms with Gasteiger partial charge in [0.15, 0.2) is 0 Å². The summed E-state index contributed by atoms with van der Waals surface area (Å²) in [5, 5.41) is 2.00. The summed E-state index contributed by atoms with van der Waals surface area (Å²) in [4.78, 5) is 5.63. The van der Waals surface area contributed by atoms with Gasteiger partial charge in [0.1, 0.15) is 0 Å². The zero-order valence-electron chi connectivity index (χ0n) is 8.86. The van der Waals surface area contributed by atoms with E-state index in [-0.39, 0.29) is 0 Å². The van der Waals surface area contributed by atoms with Crippen LogP contribution in [0.15, 0.2) is 30.3 Å². The number of benzene rings is 1. The van der Waals surface area contributed by atoms with Crippen molar-refractivity contribution in [2.24, 2.45) is 5.41 Å². The summed E-state index contributed by atoms with van der Waals surface area (Å²) in [6, 6.07) is 10.3. The molecule has 1 fully saturated rings. The Bertz CT molecular complexity index is 294. The lowest BCUT2D eigenvalue weighted by Crippen LogP contribution is -2.40. The molecule has 0 spiro atoms. The molecule has 0 N–H and O–H groups in total. The van der Waals surface area contributed by atoms with Gasteiger partial charge in [0, 0.05) is 0 Å². The minimum atomic E-state index is 0.355. The van der Waals surface area contributed by atoms with Crippen LogP contribution in [-0.4, -0.2) is 13.2 Å². The van der Waals surface area contributed by atoms with Crippen LogP contribution in [0.3, 0.4) is 0 Å². The van der Waals surface area contributed by atoms with E-state index in [0.29, 0.717) is 5.41 Å². The first-order valence-electron chi connectivity index (χ1n) is 5.13. The molecular weight excluding hydrogens is 174 g/mol. The topological polar surface area (TPSA) is 12.5 Å². The molecular formula is C12H17NO. The van der Waals surface area contributed by atoms with E-state index in [1.807, 2.05) is 23.3 Å². The summed E-state index contributed by atoms with van der Waals surface area (Å²) in [5.74, 6) is 0. The fourth-order valence-corrected chi connectivity index (χ4v) is 1.71. The molecule has 0 aliphatic carbocycles. The minimum Gasteiger partial charge on any atom is -0.273 e. The van der Waals surface area contributed by atoms with Crippen LogP contribution in [0.1, 0.15) is 20.3 Å². The lowest BCUT2D eigenvalue weighted by atomic mass is 9.88. The SMILES string of the molecule is CC1(C)CCON(c2ccccc2)C1. The molecule has 0 radical (unpaired) electrons. The van der Waals surface area contributed by atoms with Crippen LogP contribution < -0.4 is 5.06 Å². The van der Waals surface area contributed by atoms with E-state index < -0.39 is 0 Å². The molecule has 2 heteroatoms. The van der Waals surface area contributed by atoms with Crippen LogP contribution in [0.25, 0.3) is 0 Å². The Morgan fingerprint density at radius 1 is 1.21 bits per heavy atom. The van der Waals surface area contributed by atoms with Crippen LogP contribution in [-0.2, 0) is 4.84 Å². The number of rotatable bonds is 1. The maximum Gasteiger partial charge on any atom is 0.0754 e. The van der Waals surface area contributed by atoms with Gasteiger partial charge in [0.05, 0.1) is 18.8 Å². The predicted molar refractivity (Wildman–Crippen MR) is 58.1 cm³/mol. The van der Waals surface area contributed by atoms with Crippen molar-refractivity contribution >= 4 is 5.69 Å². The zero-order chi connectivity index (χ0) is 10.0. The molecule has 2 nitrogen and oxygen atoms in total. The Labute approximate surface area is 85.4 Å². The first kappa shape index (κ1) is 9.53. The van der Waals surface area contributed by atoms with E-state index in [2.05, 4.69) is 26.0 Å². The van der Waals surface area contributed by atoms with Gasteiger partial charge < -0.3 is 0 Å². The number of nitrogens with zero attached hydrogens (tertiary/aromatic N) is 1. The number of anilines is 1. The maximum atomic E-state index is 5.63. The molecule has 0 saturated carbocycles. The van der Waals surface area contributed by atoms with Crippen molar-refractivity contribution in [1.82, 2.24) is 0 Å². The highest BCUT2D eigenvalue weighted by Crippen LogP contribution is 2.29. The molecule has 1 aliphatic heterocycles. The molecule has 0 aromatic heterocycles. The van der Waals surface area contributed by atoms with Gasteiger partial charge >= 0.3 is 0 Å². The molecule has 0 atom stereocenters. The fourth-order valence-electron chi connectivity index (χ4n) is 1.71. The van der Waals surface area contributed by atoms with E-state index in [9.17, 15) is 0 Å². The molecule has 1 saturated heterocycles. The Balaban J connectivity index is 2.12. The molecule has 2 rings (SSSR count). The van der Waals surface area contributed by atoms with E-state index in [1.165, 1.54) is 0 Å². The molecule has 0 bridgehead atoms. The van der Waals surface area contributed by atoms with E-state index in [4.69, 9.17) is 4.84 Å². The molecule has 1 aromatic rings. The molecule has 1 aliphatic rings. The van der Waals surface area contributed by atoms with Gasteiger partial charge in [-0.1, -0.05) is 32.0 Å². The van der Waals surface area contributed by atoms with Crippen molar-refractivity contribution in [3.8, 4) is 0 Å². The third-order valence-corrected chi connectivity index (χ3v) is 2.64. The summed E-state index contributed by atoms with van der Waals surface area (Å²) in [6.07, 6.45) is 1.14. The molecule has 1 heterocycles. The van der Waals surface area contributed by atoms with Gasteiger partial charge in [-0.05, 0) is 24.0 Å². The molecule has 14 heavy (non-hydrogen) atoms. The lowest BCUT2D eigenvalue weighted by molar-refractivity contribution is 0.0240. The van der Waals surface area contributed by atoms with Crippen LogP contribution in [0.5, 0.6) is 0 Å². The van der Waals surface area contributed by atoms with E-state index in [0.717, 1.165) is 25.3 Å². The van der Waals surface area contributed by atoms with Crippen LogP contribution in [0.4, 0.5) is 5.69 Å². The molecule has 76 valence electrons. The highest BCUT2D eigenvalue weighted by atomic mass is 16.7. The van der Waals surface area contributed by atoms with Crippen molar-refractivity contribution in [3.05, 3.63) is 30.3 Å². The first-order valence-corrected chi connectivity index (χ1v) is 5.13. The second-order valence-electron chi connectivity index (χ2n) is 4.62. The third-order valence-electron chi connectivity index (χ3n) is 2.64. The average Bonchev–Trinajstić information content (AvgIpc) is 2.18. The zero-order valence-corrected chi connectivity index (χ0v) is 8.86. The smallest absolute Gasteiger partial charge is 0.0754 e. The summed E-state index contributed by atoms with van der Waals surface area (Å²) in [6.45, 7) is 6.36. The molecule has 0 amide bonds. The normalized spacial score (nSPS) is 20.9. The van der Waals surface area contributed by atoms with Crippen LogP contribution >= 0.6 is 0 Å². The largest absolute Gasteiger partial charge is 0.273 e. The van der Waals surface area contributed by atoms with Gasteiger partial charge in [-0.3, -0.25) is 9.90 Å². The van der Waals surface area contributed by atoms with Crippen molar-refractivity contribution in [2.45, 2.75) is 20.3 Å². The van der Waals surface area contributed by atoms with E-state index in [1.54, 1.807) is 0 Å². The highest BCUT2D eigenvalue weighted by molar-refractivity contribution is 5.43. The van der Waals surface area contributed by atoms with Gasteiger partial charge in [0.2, 0.25) is 0 Å². The van der Waals surface area contributed by atoms with Gasteiger partial charge in [-0.25, -0.2) is 0 Å². The number of hydrogen-bond acceptors (Lipinski definition) is 2. The summed E-state index contributed by atoms with van der Waals surface area (Å²) >= 11 is 0. The van der Waals surface area contributed by atoms with Gasteiger partial charge in [-0.15, -0.1) is 0 Å². The van der Waals surface area contributed by atoms with Crippen LogP contribution in [0.2, 0.25) is 0 Å². The highest BCUT2D eigenvalue weighted by Gasteiger charge is 2.27. The third kappa shape index (κ3) is 2.07. The number of para-hydroxylation sites is 1. The predicted octanol–water partition coefficient (Wildman–Crippen LogP) is 2.85. The second-order valence-corrected chi connectivity index (χ2v) is 4.62. The summed E-state index contributed by atoms with van der Waals surface area (Å²) in [5.41, 5.74) is 1.51. The Morgan fingerprint density at radius 3 is 2.57 bits per heavy atom.